The Hall–Kier alpha value is -1.60. The number of rotatable bonds is 2. The number of hydrogen-bond acceptors (Lipinski definition) is 1. The number of aliphatic hydroxyl groups excluding tert-OH is 1. The van der Waals surface area contributed by atoms with Crippen LogP contribution in [0.15, 0.2) is 48.4 Å². The predicted molar refractivity (Wildman–Crippen MR) is 62.5 cm³/mol. The number of benzene rings is 2. The van der Waals surface area contributed by atoms with Gasteiger partial charge in [-0.25, -0.2) is 0 Å². The molecule has 0 atom stereocenters. The van der Waals surface area contributed by atoms with Gasteiger partial charge in [-0.3, -0.25) is 0 Å². The van der Waals surface area contributed by atoms with Gasteiger partial charge in [0.2, 0.25) is 0 Å². The Balaban J connectivity index is 2.84. The number of aliphatic hydroxyl groups is 1. The lowest BCUT2D eigenvalue weighted by Gasteiger charge is -2.09. The quantitative estimate of drug-likeness (QED) is 0.795. The summed E-state index contributed by atoms with van der Waals surface area (Å²) in [5.74, 6) is 0. The standard InChI is InChI=1S/C14H14O/c1-11-13(10-15)8-5-9-14(11)12-6-3-2-4-7-12/h2-9,15H,10H2,1H3/i2D,3D,4D,6D,7D. The van der Waals surface area contributed by atoms with Gasteiger partial charge in [0.25, 0.3) is 0 Å². The third kappa shape index (κ3) is 1.92. The monoisotopic (exact) mass is 203 g/mol. The van der Waals surface area contributed by atoms with Crippen LogP contribution in [0.3, 0.4) is 0 Å². The SMILES string of the molecule is [2H]c1c([2H])c([2H])c(-c2cccc(CO)c2C)c([2H])c1[2H]. The van der Waals surface area contributed by atoms with E-state index >= 15 is 0 Å². The van der Waals surface area contributed by atoms with Crippen LogP contribution in [-0.4, -0.2) is 5.11 Å². The Labute approximate surface area is 97.0 Å². The molecule has 2 rings (SSSR count). The highest BCUT2D eigenvalue weighted by Crippen LogP contribution is 2.25. The molecule has 0 bridgehead atoms. The molecule has 76 valence electrons. The molecule has 1 N–H and O–H groups in total. The maximum absolute atomic E-state index is 9.28. The molecule has 2 aromatic rings. The fourth-order valence-corrected chi connectivity index (χ4v) is 1.51. The van der Waals surface area contributed by atoms with E-state index in [1.54, 1.807) is 25.1 Å². The Morgan fingerprint density at radius 3 is 2.60 bits per heavy atom. The highest BCUT2D eigenvalue weighted by molar-refractivity contribution is 5.68. The van der Waals surface area contributed by atoms with Crippen LogP contribution in [0, 0.1) is 6.92 Å². The van der Waals surface area contributed by atoms with Gasteiger partial charge in [0.1, 0.15) is 0 Å². The smallest absolute Gasteiger partial charge is 0.0684 e. The van der Waals surface area contributed by atoms with Crippen molar-refractivity contribution < 1.29 is 12.0 Å². The van der Waals surface area contributed by atoms with Crippen molar-refractivity contribution in [3.05, 3.63) is 59.5 Å². The molecule has 0 aliphatic carbocycles. The molecule has 0 saturated heterocycles. The molecule has 0 unspecified atom stereocenters. The molecule has 0 saturated carbocycles. The maximum atomic E-state index is 9.28. The molecule has 0 aliphatic rings. The second-order valence-corrected chi connectivity index (χ2v) is 3.25. The van der Waals surface area contributed by atoms with Crippen LogP contribution in [0.4, 0.5) is 0 Å². The van der Waals surface area contributed by atoms with Gasteiger partial charge in [-0.15, -0.1) is 0 Å². The minimum atomic E-state index is -0.403. The Bertz CT molecular complexity index is 653. The molecule has 1 nitrogen and oxygen atoms in total. The lowest BCUT2D eigenvalue weighted by Crippen LogP contribution is -1.91. The third-order valence-corrected chi connectivity index (χ3v) is 2.39. The normalized spacial score (nSPS) is 14.9. The average Bonchev–Trinajstić information content (AvgIpc) is 2.45. The zero-order valence-electron chi connectivity index (χ0n) is 13.4. The molecule has 15 heavy (non-hydrogen) atoms. The van der Waals surface area contributed by atoms with Crippen molar-refractivity contribution in [1.29, 1.82) is 0 Å². The van der Waals surface area contributed by atoms with E-state index in [9.17, 15) is 5.11 Å². The second-order valence-electron chi connectivity index (χ2n) is 3.25. The molecular weight excluding hydrogens is 184 g/mol. The van der Waals surface area contributed by atoms with Gasteiger partial charge in [0.15, 0.2) is 0 Å². The minimum absolute atomic E-state index is 0.154. The van der Waals surface area contributed by atoms with Crippen LogP contribution >= 0.6 is 0 Å². The van der Waals surface area contributed by atoms with E-state index in [1.807, 2.05) is 0 Å². The highest BCUT2D eigenvalue weighted by Gasteiger charge is 2.04. The first-order valence-electron chi connectivity index (χ1n) is 7.16. The fraction of sp³-hybridized carbons (Fsp3) is 0.143. The van der Waals surface area contributed by atoms with E-state index in [0.717, 1.165) is 0 Å². The first-order chi connectivity index (χ1) is 9.40. The summed E-state index contributed by atoms with van der Waals surface area (Å²) in [5, 5.41) is 9.28. The van der Waals surface area contributed by atoms with Gasteiger partial charge < -0.3 is 5.11 Å². The Morgan fingerprint density at radius 1 is 1.20 bits per heavy atom. The molecule has 0 amide bonds. The zero-order chi connectivity index (χ0) is 15.0. The minimum Gasteiger partial charge on any atom is -0.392 e. The van der Waals surface area contributed by atoms with Gasteiger partial charge in [-0.05, 0) is 29.2 Å². The van der Waals surface area contributed by atoms with Crippen molar-refractivity contribution in [3.8, 4) is 11.1 Å². The molecule has 2 aromatic carbocycles. The van der Waals surface area contributed by atoms with E-state index in [0.29, 0.717) is 16.7 Å². The lowest BCUT2D eigenvalue weighted by molar-refractivity contribution is 0.281. The fourth-order valence-electron chi connectivity index (χ4n) is 1.51. The van der Waals surface area contributed by atoms with Gasteiger partial charge in [0.05, 0.1) is 13.5 Å². The first-order valence-corrected chi connectivity index (χ1v) is 4.66. The van der Waals surface area contributed by atoms with Crippen molar-refractivity contribution in [3.63, 3.8) is 0 Å². The van der Waals surface area contributed by atoms with Crippen LogP contribution in [0.25, 0.3) is 11.1 Å². The van der Waals surface area contributed by atoms with Crippen LogP contribution in [0.5, 0.6) is 0 Å². The molecule has 0 spiro atoms. The van der Waals surface area contributed by atoms with Crippen LogP contribution in [0.2, 0.25) is 0 Å². The summed E-state index contributed by atoms with van der Waals surface area (Å²) in [4.78, 5) is 0. The average molecular weight is 203 g/mol. The molecular formula is C14H14O. The molecule has 0 aliphatic heterocycles. The van der Waals surface area contributed by atoms with Crippen LogP contribution in [-0.2, 0) is 6.61 Å². The third-order valence-electron chi connectivity index (χ3n) is 2.39. The molecule has 0 radical (unpaired) electrons. The summed E-state index contributed by atoms with van der Waals surface area (Å²) >= 11 is 0. The van der Waals surface area contributed by atoms with E-state index in [-0.39, 0.29) is 36.3 Å². The van der Waals surface area contributed by atoms with E-state index in [4.69, 9.17) is 6.85 Å². The van der Waals surface area contributed by atoms with Gasteiger partial charge in [-0.1, -0.05) is 48.4 Å². The van der Waals surface area contributed by atoms with Crippen molar-refractivity contribution in [2.75, 3.05) is 0 Å². The summed E-state index contributed by atoms with van der Waals surface area (Å²) in [6.45, 7) is 1.61. The summed E-state index contributed by atoms with van der Waals surface area (Å²) in [6, 6.07) is 3.58. The predicted octanol–water partition coefficient (Wildman–Crippen LogP) is 3.15. The molecule has 1 heteroatoms. The zero-order valence-corrected chi connectivity index (χ0v) is 8.39. The summed E-state index contributed by atoms with van der Waals surface area (Å²) in [7, 11) is 0. The molecule has 0 aromatic heterocycles. The Kier molecular flexibility index (Phi) is 1.56. The number of hydrogen-bond donors (Lipinski definition) is 1. The van der Waals surface area contributed by atoms with E-state index in [2.05, 4.69) is 0 Å². The lowest BCUT2D eigenvalue weighted by atomic mass is 9.97. The summed E-state index contributed by atoms with van der Waals surface area (Å²) in [5.41, 5.74) is 2.11. The van der Waals surface area contributed by atoms with E-state index < -0.39 is 6.04 Å². The van der Waals surface area contributed by atoms with Gasteiger partial charge >= 0.3 is 0 Å². The second kappa shape index (κ2) is 4.28. The van der Waals surface area contributed by atoms with Crippen molar-refractivity contribution in [2.24, 2.45) is 0 Å². The maximum Gasteiger partial charge on any atom is 0.0684 e. The molecule has 0 heterocycles. The first kappa shape index (κ1) is 5.47. The van der Waals surface area contributed by atoms with Crippen LogP contribution < -0.4 is 0 Å². The van der Waals surface area contributed by atoms with Crippen LogP contribution in [0.1, 0.15) is 18.0 Å². The van der Waals surface area contributed by atoms with Crippen molar-refractivity contribution in [2.45, 2.75) is 13.5 Å². The Morgan fingerprint density at radius 2 is 1.93 bits per heavy atom. The topological polar surface area (TPSA) is 20.2 Å². The largest absolute Gasteiger partial charge is 0.392 e. The highest BCUT2D eigenvalue weighted by atomic mass is 16.3. The van der Waals surface area contributed by atoms with Crippen molar-refractivity contribution >= 4 is 0 Å². The van der Waals surface area contributed by atoms with Gasteiger partial charge in [0, 0.05) is 0 Å². The summed E-state index contributed by atoms with van der Waals surface area (Å²) < 4.78 is 38.9. The van der Waals surface area contributed by atoms with Crippen molar-refractivity contribution in [1.82, 2.24) is 0 Å². The van der Waals surface area contributed by atoms with Gasteiger partial charge in [-0.2, -0.15) is 0 Å². The van der Waals surface area contributed by atoms with E-state index in [1.165, 1.54) is 0 Å². The molecule has 0 fully saturated rings. The summed E-state index contributed by atoms with van der Waals surface area (Å²) in [6.07, 6.45) is 0.